The number of anilines is 1. The van der Waals surface area contributed by atoms with E-state index >= 15 is 0 Å². The molecule has 0 radical (unpaired) electrons. The maximum absolute atomic E-state index is 12.3. The van der Waals surface area contributed by atoms with Gasteiger partial charge >= 0.3 is 5.97 Å². The van der Waals surface area contributed by atoms with Crippen molar-refractivity contribution in [3.63, 3.8) is 0 Å². The molecule has 2 aromatic rings. The van der Waals surface area contributed by atoms with Gasteiger partial charge in [-0.1, -0.05) is 24.3 Å². The van der Waals surface area contributed by atoms with Gasteiger partial charge in [-0.25, -0.2) is 17.5 Å². The van der Waals surface area contributed by atoms with Gasteiger partial charge in [0.05, 0.1) is 10.5 Å². The Morgan fingerprint density at radius 2 is 1.74 bits per heavy atom. The molecular formula is C19H22N2O5S. The van der Waals surface area contributed by atoms with Gasteiger partial charge in [-0.2, -0.15) is 0 Å². The number of hydrogen-bond donors (Lipinski definition) is 1. The lowest BCUT2D eigenvalue weighted by atomic mass is 10.1. The monoisotopic (exact) mass is 390 g/mol. The number of nitrogens with one attached hydrogen (secondary N) is 1. The summed E-state index contributed by atoms with van der Waals surface area (Å²) in [5, 5.41) is 2.57. The Labute approximate surface area is 159 Å². The van der Waals surface area contributed by atoms with Gasteiger partial charge in [-0.05, 0) is 43.7 Å². The minimum atomic E-state index is -3.62. The Kier molecular flexibility index (Phi) is 6.35. The molecule has 0 aliphatic rings. The zero-order valence-electron chi connectivity index (χ0n) is 15.6. The number of hydrogen-bond acceptors (Lipinski definition) is 5. The summed E-state index contributed by atoms with van der Waals surface area (Å²) < 4.78 is 30.7. The van der Waals surface area contributed by atoms with Crippen LogP contribution in [0.15, 0.2) is 53.4 Å². The highest BCUT2D eigenvalue weighted by atomic mass is 32.2. The molecule has 0 saturated carbocycles. The smallest absolute Gasteiger partial charge is 0.339 e. The van der Waals surface area contributed by atoms with Gasteiger partial charge in [0, 0.05) is 19.8 Å². The summed E-state index contributed by atoms with van der Waals surface area (Å²) in [5.41, 5.74) is 1.43. The fraction of sp³-hybridized carbons (Fsp3) is 0.263. The van der Waals surface area contributed by atoms with E-state index in [-0.39, 0.29) is 4.90 Å². The fourth-order valence-electron chi connectivity index (χ4n) is 2.27. The van der Waals surface area contributed by atoms with E-state index < -0.39 is 28.0 Å². The van der Waals surface area contributed by atoms with Gasteiger partial charge < -0.3 is 10.1 Å². The first kappa shape index (κ1) is 20.6. The number of rotatable bonds is 6. The molecule has 0 spiro atoms. The third kappa shape index (κ3) is 4.93. The molecule has 144 valence electrons. The third-order valence-electron chi connectivity index (χ3n) is 3.90. The molecule has 0 aliphatic heterocycles. The first-order chi connectivity index (χ1) is 12.6. The third-order valence-corrected chi connectivity index (χ3v) is 5.71. The van der Waals surface area contributed by atoms with E-state index in [1.807, 2.05) is 0 Å². The molecule has 2 rings (SSSR count). The molecule has 2 aromatic carbocycles. The average Bonchev–Trinajstić information content (AvgIpc) is 2.62. The number of ether oxygens (including phenoxy) is 1. The lowest BCUT2D eigenvalue weighted by Gasteiger charge is -2.15. The second-order valence-electron chi connectivity index (χ2n) is 6.17. The van der Waals surface area contributed by atoms with Crippen LogP contribution in [0.25, 0.3) is 0 Å². The lowest BCUT2D eigenvalue weighted by Crippen LogP contribution is -2.30. The maximum Gasteiger partial charge on any atom is 0.339 e. The summed E-state index contributed by atoms with van der Waals surface area (Å²) in [6, 6.07) is 12.8. The van der Waals surface area contributed by atoms with Crippen molar-refractivity contribution in [2.45, 2.75) is 24.8 Å². The summed E-state index contributed by atoms with van der Waals surface area (Å²) >= 11 is 0. The van der Waals surface area contributed by atoms with Gasteiger partial charge in [-0.3, -0.25) is 4.79 Å². The van der Waals surface area contributed by atoms with Crippen LogP contribution in [-0.4, -0.2) is 44.8 Å². The number of benzene rings is 2. The van der Waals surface area contributed by atoms with Crippen LogP contribution in [0.5, 0.6) is 0 Å². The van der Waals surface area contributed by atoms with Crippen molar-refractivity contribution in [1.29, 1.82) is 0 Å². The first-order valence-electron chi connectivity index (χ1n) is 8.23. The standard InChI is InChI=1S/C19H22N2O5S/c1-13-8-5-6-11-17(13)19(23)26-14(2)18(22)20-15-9-7-10-16(12-15)27(24,25)21(3)4/h5-12,14H,1-4H3,(H,20,22)/t14-/m0/s1. The Morgan fingerprint density at radius 3 is 2.37 bits per heavy atom. The molecule has 0 fully saturated rings. The lowest BCUT2D eigenvalue weighted by molar-refractivity contribution is -0.123. The molecule has 8 heteroatoms. The number of carbonyl (C=O) groups is 2. The van der Waals surface area contributed by atoms with Crippen LogP contribution in [0.2, 0.25) is 0 Å². The van der Waals surface area contributed by atoms with Crippen molar-refractivity contribution in [2.24, 2.45) is 0 Å². The van der Waals surface area contributed by atoms with E-state index in [1.165, 1.54) is 39.2 Å². The second kappa shape index (κ2) is 8.32. The summed E-state index contributed by atoms with van der Waals surface area (Å²) in [7, 11) is -0.770. The zero-order chi connectivity index (χ0) is 20.2. The largest absolute Gasteiger partial charge is 0.449 e. The molecule has 0 saturated heterocycles. The Hall–Kier alpha value is -2.71. The predicted molar refractivity (Wildman–Crippen MR) is 102 cm³/mol. The van der Waals surface area contributed by atoms with Crippen LogP contribution in [0.4, 0.5) is 5.69 Å². The fourth-order valence-corrected chi connectivity index (χ4v) is 3.22. The molecule has 0 heterocycles. The number of nitrogens with zero attached hydrogens (tertiary/aromatic N) is 1. The number of sulfonamides is 1. The van der Waals surface area contributed by atoms with E-state index in [9.17, 15) is 18.0 Å². The average molecular weight is 390 g/mol. The summed E-state index contributed by atoms with van der Waals surface area (Å²) in [6.45, 7) is 3.23. The Balaban J connectivity index is 2.09. The Morgan fingerprint density at radius 1 is 1.07 bits per heavy atom. The van der Waals surface area contributed by atoms with Crippen molar-refractivity contribution in [2.75, 3.05) is 19.4 Å². The van der Waals surface area contributed by atoms with Crippen LogP contribution < -0.4 is 5.32 Å². The van der Waals surface area contributed by atoms with Gasteiger partial charge in [0.15, 0.2) is 6.10 Å². The molecule has 1 atom stereocenters. The number of carbonyl (C=O) groups excluding carboxylic acids is 2. The molecule has 0 aromatic heterocycles. The van der Waals surface area contributed by atoms with E-state index in [0.717, 1.165) is 9.87 Å². The van der Waals surface area contributed by atoms with Crippen LogP contribution in [0.1, 0.15) is 22.8 Å². The van der Waals surface area contributed by atoms with E-state index in [1.54, 1.807) is 37.3 Å². The highest BCUT2D eigenvalue weighted by Crippen LogP contribution is 2.18. The van der Waals surface area contributed by atoms with Crippen molar-refractivity contribution >= 4 is 27.6 Å². The quantitative estimate of drug-likeness (QED) is 0.765. The maximum atomic E-state index is 12.3. The number of amides is 1. The highest BCUT2D eigenvalue weighted by molar-refractivity contribution is 7.89. The van der Waals surface area contributed by atoms with E-state index in [2.05, 4.69) is 5.32 Å². The van der Waals surface area contributed by atoms with Crippen LogP contribution >= 0.6 is 0 Å². The molecule has 1 amide bonds. The number of esters is 1. The molecule has 0 unspecified atom stereocenters. The minimum absolute atomic E-state index is 0.0508. The summed E-state index contributed by atoms with van der Waals surface area (Å²) in [4.78, 5) is 24.6. The molecule has 0 aliphatic carbocycles. The minimum Gasteiger partial charge on any atom is -0.449 e. The zero-order valence-corrected chi connectivity index (χ0v) is 16.4. The van der Waals surface area contributed by atoms with Gasteiger partial charge in [0.1, 0.15) is 0 Å². The van der Waals surface area contributed by atoms with E-state index in [0.29, 0.717) is 11.3 Å². The number of aryl methyl sites for hydroxylation is 1. The van der Waals surface area contributed by atoms with Crippen molar-refractivity contribution in [3.8, 4) is 0 Å². The SMILES string of the molecule is Cc1ccccc1C(=O)O[C@@H](C)C(=O)Nc1cccc(S(=O)(=O)N(C)C)c1. The molecular weight excluding hydrogens is 368 g/mol. The molecule has 0 bridgehead atoms. The molecule has 7 nitrogen and oxygen atoms in total. The Bertz CT molecular complexity index is 954. The van der Waals surface area contributed by atoms with Crippen molar-refractivity contribution < 1.29 is 22.7 Å². The summed E-state index contributed by atoms with van der Waals surface area (Å²) in [6.07, 6.45) is -1.05. The molecule has 27 heavy (non-hydrogen) atoms. The van der Waals surface area contributed by atoms with Crippen molar-refractivity contribution in [3.05, 3.63) is 59.7 Å². The highest BCUT2D eigenvalue weighted by Gasteiger charge is 2.21. The first-order valence-corrected chi connectivity index (χ1v) is 9.67. The van der Waals surface area contributed by atoms with Crippen LogP contribution in [0, 0.1) is 6.92 Å². The predicted octanol–water partition coefficient (Wildman–Crippen LogP) is 2.43. The van der Waals surface area contributed by atoms with E-state index in [4.69, 9.17) is 4.74 Å². The van der Waals surface area contributed by atoms with Gasteiger partial charge in [-0.15, -0.1) is 0 Å². The topological polar surface area (TPSA) is 92.8 Å². The summed E-state index contributed by atoms with van der Waals surface area (Å²) in [5.74, 6) is -1.16. The van der Waals surface area contributed by atoms with Crippen LogP contribution in [-0.2, 0) is 19.6 Å². The second-order valence-corrected chi connectivity index (χ2v) is 8.32. The van der Waals surface area contributed by atoms with Gasteiger partial charge in [0.25, 0.3) is 5.91 Å². The molecule has 1 N–H and O–H groups in total. The van der Waals surface area contributed by atoms with Crippen molar-refractivity contribution in [1.82, 2.24) is 4.31 Å². The van der Waals surface area contributed by atoms with Crippen LogP contribution in [0.3, 0.4) is 0 Å². The van der Waals surface area contributed by atoms with Gasteiger partial charge in [0.2, 0.25) is 10.0 Å². The normalized spacial score (nSPS) is 12.5.